The van der Waals surface area contributed by atoms with Crippen LogP contribution in [0.3, 0.4) is 0 Å². The first-order valence-corrected chi connectivity index (χ1v) is 25.1. The van der Waals surface area contributed by atoms with Crippen LogP contribution in [0.15, 0.2) is 0 Å². The first-order valence-electron chi connectivity index (χ1n) is 25.1. The molecule has 0 rings (SSSR count). The van der Waals surface area contributed by atoms with E-state index < -0.39 is 6.10 Å². The average Bonchev–Trinajstić information content (AvgIpc) is 3.18. The minimum atomic E-state index is -0.525. The summed E-state index contributed by atoms with van der Waals surface area (Å²) in [5, 5.41) is 9.64. The molecule has 324 valence electrons. The van der Waals surface area contributed by atoms with E-state index in [1.165, 1.54) is 250 Å². The van der Waals surface area contributed by atoms with E-state index >= 15 is 0 Å². The summed E-state index contributed by atoms with van der Waals surface area (Å²) in [6.45, 7) is 5.42. The third-order valence-electron chi connectivity index (χ3n) is 11.7. The summed E-state index contributed by atoms with van der Waals surface area (Å²) in [7, 11) is 0. The average molecular weight is 765 g/mol. The predicted octanol–water partition coefficient (Wildman–Crippen LogP) is 16.7. The van der Waals surface area contributed by atoms with Gasteiger partial charge in [0.15, 0.2) is 0 Å². The number of ether oxygens (including phenoxy) is 2. The lowest BCUT2D eigenvalue weighted by Gasteiger charge is -2.16. The van der Waals surface area contributed by atoms with Gasteiger partial charge in [-0.15, -0.1) is 0 Å². The standard InChI is InChI=1S/C50H100O4/c1-3-5-7-9-11-13-15-17-19-21-22-23-24-25-26-27-28-29-31-33-35-37-39-41-43-45-50(52)54-49(47-51)48-53-46-44-42-40-38-36-34-32-30-20-18-16-14-12-10-8-6-4-2/h49,51H,3-48H2,1-2H3. The molecule has 0 bridgehead atoms. The van der Waals surface area contributed by atoms with Gasteiger partial charge in [0.2, 0.25) is 0 Å². The van der Waals surface area contributed by atoms with Crippen molar-refractivity contribution in [3.05, 3.63) is 0 Å². The van der Waals surface area contributed by atoms with Gasteiger partial charge in [0, 0.05) is 13.0 Å². The van der Waals surface area contributed by atoms with Crippen LogP contribution in [0.5, 0.6) is 0 Å². The molecule has 1 N–H and O–H groups in total. The summed E-state index contributed by atoms with van der Waals surface area (Å²) in [6, 6.07) is 0. The molecule has 4 nitrogen and oxygen atoms in total. The predicted molar refractivity (Wildman–Crippen MR) is 238 cm³/mol. The van der Waals surface area contributed by atoms with Gasteiger partial charge in [-0.25, -0.2) is 0 Å². The zero-order valence-electron chi connectivity index (χ0n) is 37.3. The summed E-state index contributed by atoms with van der Waals surface area (Å²) >= 11 is 0. The zero-order chi connectivity index (χ0) is 39.1. The molecule has 0 heterocycles. The van der Waals surface area contributed by atoms with E-state index in [0.29, 0.717) is 19.6 Å². The first kappa shape index (κ1) is 53.4. The van der Waals surface area contributed by atoms with Gasteiger partial charge in [-0.2, -0.15) is 0 Å². The number of carbonyl (C=O) groups is 1. The molecule has 0 aromatic carbocycles. The highest BCUT2D eigenvalue weighted by atomic mass is 16.6. The minimum absolute atomic E-state index is 0.162. The monoisotopic (exact) mass is 765 g/mol. The fourth-order valence-corrected chi connectivity index (χ4v) is 7.92. The van der Waals surface area contributed by atoms with Gasteiger partial charge in [-0.05, 0) is 12.8 Å². The molecule has 0 saturated heterocycles. The Morgan fingerprint density at radius 3 is 0.870 bits per heavy atom. The highest BCUT2D eigenvalue weighted by molar-refractivity contribution is 5.69. The second-order valence-electron chi connectivity index (χ2n) is 17.3. The number of rotatable bonds is 48. The van der Waals surface area contributed by atoms with Crippen LogP contribution in [-0.2, 0) is 14.3 Å². The van der Waals surface area contributed by atoms with Crippen molar-refractivity contribution in [2.24, 2.45) is 0 Å². The van der Waals surface area contributed by atoms with Crippen LogP contribution in [0.4, 0.5) is 0 Å². The highest BCUT2D eigenvalue weighted by Gasteiger charge is 2.13. The van der Waals surface area contributed by atoms with Crippen LogP contribution in [0.25, 0.3) is 0 Å². The Bertz CT molecular complexity index is 682. The SMILES string of the molecule is CCCCCCCCCCCCCCCCCCCCCCCCCCCC(=O)OC(CO)COCCCCCCCCCCCCCCCCCCC. The number of aliphatic hydroxyl groups is 1. The van der Waals surface area contributed by atoms with E-state index in [0.717, 1.165) is 19.3 Å². The third-order valence-corrected chi connectivity index (χ3v) is 11.7. The fourth-order valence-electron chi connectivity index (χ4n) is 7.92. The van der Waals surface area contributed by atoms with Crippen molar-refractivity contribution in [2.75, 3.05) is 19.8 Å². The molecule has 0 aliphatic rings. The van der Waals surface area contributed by atoms with Crippen molar-refractivity contribution in [3.8, 4) is 0 Å². The van der Waals surface area contributed by atoms with Crippen LogP contribution in [0.1, 0.15) is 290 Å². The molecule has 0 fully saturated rings. The summed E-state index contributed by atoms with van der Waals surface area (Å²) in [5.74, 6) is -0.190. The normalized spacial score (nSPS) is 12.1. The molecule has 1 unspecified atom stereocenters. The number of aliphatic hydroxyl groups excluding tert-OH is 1. The lowest BCUT2D eigenvalue weighted by molar-refractivity contribution is -0.154. The van der Waals surface area contributed by atoms with Crippen LogP contribution >= 0.6 is 0 Å². The van der Waals surface area contributed by atoms with Crippen molar-refractivity contribution >= 4 is 5.97 Å². The van der Waals surface area contributed by atoms with E-state index in [1.54, 1.807) is 0 Å². The maximum Gasteiger partial charge on any atom is 0.306 e. The number of esters is 1. The van der Waals surface area contributed by atoms with Crippen molar-refractivity contribution in [1.29, 1.82) is 0 Å². The molecule has 54 heavy (non-hydrogen) atoms. The Kier molecular flexibility index (Phi) is 48.0. The maximum absolute atomic E-state index is 12.3. The third kappa shape index (κ3) is 45.8. The number of hydrogen-bond donors (Lipinski definition) is 1. The van der Waals surface area contributed by atoms with E-state index in [9.17, 15) is 9.90 Å². The van der Waals surface area contributed by atoms with Gasteiger partial charge in [-0.1, -0.05) is 271 Å². The topological polar surface area (TPSA) is 55.8 Å². The van der Waals surface area contributed by atoms with Crippen LogP contribution in [0.2, 0.25) is 0 Å². The molecule has 4 heteroatoms. The van der Waals surface area contributed by atoms with Crippen molar-refractivity contribution in [1.82, 2.24) is 0 Å². The van der Waals surface area contributed by atoms with E-state index in [1.807, 2.05) is 0 Å². The molecule has 0 radical (unpaired) electrons. The second kappa shape index (κ2) is 48.5. The van der Waals surface area contributed by atoms with Crippen LogP contribution < -0.4 is 0 Å². The molecule has 0 aromatic rings. The Morgan fingerprint density at radius 2 is 0.611 bits per heavy atom. The molecule has 0 aliphatic heterocycles. The first-order chi connectivity index (χ1) is 26.7. The fraction of sp³-hybridized carbons (Fsp3) is 0.980. The molecular formula is C50H100O4. The Hall–Kier alpha value is -0.610. The van der Waals surface area contributed by atoms with Crippen molar-refractivity contribution < 1.29 is 19.4 Å². The quantitative estimate of drug-likeness (QED) is 0.0495. The number of carbonyl (C=O) groups excluding carboxylic acids is 1. The number of hydrogen-bond acceptors (Lipinski definition) is 4. The van der Waals surface area contributed by atoms with Gasteiger partial charge < -0.3 is 14.6 Å². The molecular weight excluding hydrogens is 665 g/mol. The molecule has 0 aromatic heterocycles. The Morgan fingerprint density at radius 1 is 0.370 bits per heavy atom. The van der Waals surface area contributed by atoms with E-state index in [4.69, 9.17) is 9.47 Å². The van der Waals surface area contributed by atoms with Crippen LogP contribution in [-0.4, -0.2) is 37.0 Å². The van der Waals surface area contributed by atoms with E-state index in [-0.39, 0.29) is 12.6 Å². The summed E-state index contributed by atoms with van der Waals surface area (Å²) in [4.78, 5) is 12.3. The minimum Gasteiger partial charge on any atom is -0.457 e. The highest BCUT2D eigenvalue weighted by Crippen LogP contribution is 2.17. The Labute approximate surface area is 340 Å². The molecule has 0 spiro atoms. The molecule has 1 atom stereocenters. The summed E-state index contributed by atoms with van der Waals surface area (Å²) in [6.07, 6.45) is 57.7. The van der Waals surface area contributed by atoms with E-state index in [2.05, 4.69) is 13.8 Å². The summed E-state index contributed by atoms with van der Waals surface area (Å²) in [5.41, 5.74) is 0. The van der Waals surface area contributed by atoms with Gasteiger partial charge in [0.05, 0.1) is 13.2 Å². The lowest BCUT2D eigenvalue weighted by atomic mass is 10.0. The molecule has 0 aliphatic carbocycles. The van der Waals surface area contributed by atoms with Gasteiger partial charge >= 0.3 is 5.97 Å². The smallest absolute Gasteiger partial charge is 0.306 e. The number of unbranched alkanes of at least 4 members (excludes halogenated alkanes) is 40. The van der Waals surface area contributed by atoms with Crippen molar-refractivity contribution in [2.45, 2.75) is 296 Å². The second-order valence-corrected chi connectivity index (χ2v) is 17.3. The Balaban J connectivity index is 3.32. The van der Waals surface area contributed by atoms with Crippen molar-refractivity contribution in [3.63, 3.8) is 0 Å². The van der Waals surface area contributed by atoms with Gasteiger partial charge in [0.1, 0.15) is 6.10 Å². The maximum atomic E-state index is 12.3. The lowest BCUT2D eigenvalue weighted by Crippen LogP contribution is -2.27. The molecule has 0 amide bonds. The van der Waals surface area contributed by atoms with Gasteiger partial charge in [0.25, 0.3) is 0 Å². The zero-order valence-corrected chi connectivity index (χ0v) is 37.3. The largest absolute Gasteiger partial charge is 0.457 e. The van der Waals surface area contributed by atoms with Gasteiger partial charge in [-0.3, -0.25) is 4.79 Å². The summed E-state index contributed by atoms with van der Waals surface area (Å²) < 4.78 is 11.2. The molecule has 0 saturated carbocycles. The van der Waals surface area contributed by atoms with Crippen LogP contribution in [0, 0.1) is 0 Å².